The molecular weight excluding hydrogens is 234 g/mol. The molecule has 0 atom stereocenters. The van der Waals surface area contributed by atoms with Crippen molar-refractivity contribution < 1.29 is 0 Å². The van der Waals surface area contributed by atoms with Gasteiger partial charge in [-0.05, 0) is 19.4 Å². The number of benzene rings is 1. The van der Waals surface area contributed by atoms with Crippen LogP contribution in [-0.2, 0) is 0 Å². The van der Waals surface area contributed by atoms with E-state index in [-0.39, 0.29) is 0 Å². The lowest BCUT2D eigenvalue weighted by molar-refractivity contribution is 0.775. The Morgan fingerprint density at radius 1 is 1.05 bits per heavy atom. The van der Waals surface area contributed by atoms with Crippen molar-refractivity contribution in [3.63, 3.8) is 0 Å². The molecule has 0 radical (unpaired) electrons. The Hall–Kier alpha value is -1.90. The Morgan fingerprint density at radius 3 is 2.32 bits per heavy atom. The fourth-order valence-corrected chi connectivity index (χ4v) is 2.14. The fourth-order valence-electron chi connectivity index (χ4n) is 2.14. The molecule has 0 spiro atoms. The SMILES string of the molecule is CNc1nc(C(C)C)nc(-c2ccccc2C)c1C. The van der Waals surface area contributed by atoms with Gasteiger partial charge in [-0.1, -0.05) is 38.1 Å². The molecule has 19 heavy (non-hydrogen) atoms. The van der Waals surface area contributed by atoms with E-state index in [0.29, 0.717) is 5.92 Å². The zero-order valence-corrected chi connectivity index (χ0v) is 12.3. The van der Waals surface area contributed by atoms with Crippen LogP contribution in [0.5, 0.6) is 0 Å². The van der Waals surface area contributed by atoms with Gasteiger partial charge in [-0.3, -0.25) is 0 Å². The predicted octanol–water partition coefficient (Wildman–Crippen LogP) is 3.93. The largest absolute Gasteiger partial charge is 0.373 e. The average molecular weight is 255 g/mol. The van der Waals surface area contributed by atoms with Crippen LogP contribution in [-0.4, -0.2) is 17.0 Å². The second-order valence-corrected chi connectivity index (χ2v) is 5.12. The third-order valence-corrected chi connectivity index (χ3v) is 3.32. The molecule has 1 heterocycles. The maximum atomic E-state index is 4.76. The smallest absolute Gasteiger partial charge is 0.133 e. The van der Waals surface area contributed by atoms with Gasteiger partial charge in [-0.2, -0.15) is 0 Å². The van der Waals surface area contributed by atoms with E-state index in [0.717, 1.165) is 22.9 Å². The summed E-state index contributed by atoms with van der Waals surface area (Å²) in [6.07, 6.45) is 0. The second kappa shape index (κ2) is 5.39. The number of hydrogen-bond acceptors (Lipinski definition) is 3. The summed E-state index contributed by atoms with van der Waals surface area (Å²) in [5.74, 6) is 2.11. The molecule has 2 rings (SSSR count). The number of aryl methyl sites for hydroxylation is 1. The van der Waals surface area contributed by atoms with Gasteiger partial charge in [0, 0.05) is 24.1 Å². The van der Waals surface area contributed by atoms with Crippen LogP contribution in [0.2, 0.25) is 0 Å². The standard InChI is InChI=1S/C16H21N3/c1-10(2)15-18-14(12(4)16(17-5)19-15)13-9-7-6-8-11(13)3/h6-10H,1-5H3,(H,17,18,19). The van der Waals surface area contributed by atoms with Crippen LogP contribution in [0.4, 0.5) is 5.82 Å². The lowest BCUT2D eigenvalue weighted by Crippen LogP contribution is -2.07. The summed E-state index contributed by atoms with van der Waals surface area (Å²) in [5.41, 5.74) is 4.55. The van der Waals surface area contributed by atoms with Gasteiger partial charge in [0.2, 0.25) is 0 Å². The number of anilines is 1. The first kappa shape index (κ1) is 13.5. The van der Waals surface area contributed by atoms with E-state index in [2.05, 4.69) is 62.3 Å². The van der Waals surface area contributed by atoms with E-state index in [4.69, 9.17) is 4.98 Å². The summed E-state index contributed by atoms with van der Waals surface area (Å²) in [4.78, 5) is 9.34. The molecule has 1 aromatic carbocycles. The Bertz CT molecular complexity index is 589. The molecule has 0 aliphatic heterocycles. The van der Waals surface area contributed by atoms with Gasteiger partial charge < -0.3 is 5.32 Å². The third-order valence-electron chi connectivity index (χ3n) is 3.32. The molecule has 1 N–H and O–H groups in total. The highest BCUT2D eigenvalue weighted by Gasteiger charge is 2.14. The van der Waals surface area contributed by atoms with Gasteiger partial charge in [0.25, 0.3) is 0 Å². The molecule has 0 bridgehead atoms. The molecule has 3 heteroatoms. The summed E-state index contributed by atoms with van der Waals surface area (Å²) in [7, 11) is 1.90. The zero-order chi connectivity index (χ0) is 14.0. The summed E-state index contributed by atoms with van der Waals surface area (Å²) in [6.45, 7) is 8.42. The van der Waals surface area contributed by atoms with Gasteiger partial charge in [-0.25, -0.2) is 9.97 Å². The number of nitrogens with zero attached hydrogens (tertiary/aromatic N) is 2. The first-order valence-corrected chi connectivity index (χ1v) is 6.67. The number of hydrogen-bond donors (Lipinski definition) is 1. The zero-order valence-electron chi connectivity index (χ0n) is 12.3. The summed E-state index contributed by atoms with van der Waals surface area (Å²) < 4.78 is 0. The quantitative estimate of drug-likeness (QED) is 0.903. The topological polar surface area (TPSA) is 37.8 Å². The summed E-state index contributed by atoms with van der Waals surface area (Å²) >= 11 is 0. The molecule has 0 amide bonds. The lowest BCUT2D eigenvalue weighted by atomic mass is 10.0. The van der Waals surface area contributed by atoms with E-state index in [1.165, 1.54) is 11.1 Å². The van der Waals surface area contributed by atoms with Crippen LogP contribution in [0.1, 0.15) is 36.7 Å². The van der Waals surface area contributed by atoms with E-state index >= 15 is 0 Å². The van der Waals surface area contributed by atoms with E-state index in [1.54, 1.807) is 0 Å². The minimum Gasteiger partial charge on any atom is -0.373 e. The lowest BCUT2D eigenvalue weighted by Gasteiger charge is -2.15. The van der Waals surface area contributed by atoms with E-state index < -0.39 is 0 Å². The Labute approximate surface area is 115 Å². The minimum absolute atomic E-state index is 0.315. The first-order chi connectivity index (χ1) is 9.04. The van der Waals surface area contributed by atoms with E-state index in [1.807, 2.05) is 7.05 Å². The average Bonchev–Trinajstić information content (AvgIpc) is 2.39. The van der Waals surface area contributed by atoms with Crippen LogP contribution in [0, 0.1) is 13.8 Å². The molecule has 0 fully saturated rings. The van der Waals surface area contributed by atoms with Crippen molar-refractivity contribution in [2.75, 3.05) is 12.4 Å². The highest BCUT2D eigenvalue weighted by molar-refractivity contribution is 5.70. The van der Waals surface area contributed by atoms with Crippen molar-refractivity contribution in [1.82, 2.24) is 9.97 Å². The maximum absolute atomic E-state index is 4.76. The molecule has 3 nitrogen and oxygen atoms in total. The minimum atomic E-state index is 0.315. The number of aromatic nitrogens is 2. The fraction of sp³-hybridized carbons (Fsp3) is 0.375. The van der Waals surface area contributed by atoms with Crippen LogP contribution in [0.25, 0.3) is 11.3 Å². The molecule has 0 aliphatic rings. The molecule has 100 valence electrons. The summed E-state index contributed by atoms with van der Waals surface area (Å²) in [5, 5.41) is 3.17. The third kappa shape index (κ3) is 2.60. The monoisotopic (exact) mass is 255 g/mol. The van der Waals surface area contributed by atoms with Crippen molar-refractivity contribution >= 4 is 5.82 Å². The normalized spacial score (nSPS) is 10.8. The molecule has 2 aromatic rings. The summed E-state index contributed by atoms with van der Waals surface area (Å²) in [6, 6.07) is 8.34. The Morgan fingerprint density at radius 2 is 1.74 bits per heavy atom. The molecule has 0 saturated heterocycles. The molecule has 0 saturated carbocycles. The Balaban J connectivity index is 2.69. The second-order valence-electron chi connectivity index (χ2n) is 5.12. The first-order valence-electron chi connectivity index (χ1n) is 6.67. The highest BCUT2D eigenvalue weighted by Crippen LogP contribution is 2.29. The van der Waals surface area contributed by atoms with Gasteiger partial charge >= 0.3 is 0 Å². The number of rotatable bonds is 3. The highest BCUT2D eigenvalue weighted by atomic mass is 15.0. The van der Waals surface area contributed by atoms with Crippen molar-refractivity contribution in [3.05, 3.63) is 41.2 Å². The van der Waals surface area contributed by atoms with Crippen molar-refractivity contribution in [1.29, 1.82) is 0 Å². The van der Waals surface area contributed by atoms with Crippen molar-refractivity contribution in [2.24, 2.45) is 0 Å². The van der Waals surface area contributed by atoms with Gasteiger partial charge in [0.05, 0.1) is 5.69 Å². The van der Waals surface area contributed by atoms with Crippen molar-refractivity contribution in [2.45, 2.75) is 33.6 Å². The number of nitrogens with one attached hydrogen (secondary N) is 1. The van der Waals surface area contributed by atoms with Crippen LogP contribution < -0.4 is 5.32 Å². The van der Waals surface area contributed by atoms with Crippen molar-refractivity contribution in [3.8, 4) is 11.3 Å². The molecule has 0 aliphatic carbocycles. The maximum Gasteiger partial charge on any atom is 0.133 e. The van der Waals surface area contributed by atoms with Gasteiger partial charge in [0.1, 0.15) is 11.6 Å². The van der Waals surface area contributed by atoms with Gasteiger partial charge in [-0.15, -0.1) is 0 Å². The van der Waals surface area contributed by atoms with E-state index in [9.17, 15) is 0 Å². The molecule has 0 unspecified atom stereocenters. The predicted molar refractivity (Wildman–Crippen MR) is 80.6 cm³/mol. The van der Waals surface area contributed by atoms with Gasteiger partial charge in [0.15, 0.2) is 0 Å². The van der Waals surface area contributed by atoms with Crippen LogP contribution >= 0.6 is 0 Å². The van der Waals surface area contributed by atoms with Crippen LogP contribution in [0.3, 0.4) is 0 Å². The van der Waals surface area contributed by atoms with Crippen LogP contribution in [0.15, 0.2) is 24.3 Å². The Kier molecular flexibility index (Phi) is 3.84. The molecule has 1 aromatic heterocycles. The molecular formula is C16H21N3.